The Morgan fingerprint density at radius 3 is 2.28 bits per heavy atom. The van der Waals surface area contributed by atoms with Crippen LogP contribution in [0.5, 0.6) is 0 Å². The van der Waals surface area contributed by atoms with Gasteiger partial charge in [0, 0.05) is 12.0 Å². The molecular formula is C21H21N2NaO8. The van der Waals surface area contributed by atoms with E-state index in [0.29, 0.717) is 22.5 Å². The smallest absolute Gasteiger partial charge is 0.547 e. The fraction of sp³-hybridized carbons (Fsp3) is 0.333. The minimum absolute atomic E-state index is 0. The van der Waals surface area contributed by atoms with E-state index in [9.17, 15) is 30.0 Å². The number of hydrogen-bond acceptors (Lipinski definition) is 8. The second-order valence-electron chi connectivity index (χ2n) is 7.41. The SMILES string of the molecule is NC(=O)N1c2ccccc2C[C@@H](O[C@@H]2O[C@H](C(=O)[O-])[C@@H](O)[C@H](O)[C@H]2O)c2ccccc21.[Na+]. The van der Waals surface area contributed by atoms with Crippen LogP contribution >= 0.6 is 0 Å². The van der Waals surface area contributed by atoms with Gasteiger partial charge in [-0.2, -0.15) is 0 Å². The number of primary amides is 1. The number of aliphatic hydroxyl groups excluding tert-OH is 3. The van der Waals surface area contributed by atoms with E-state index in [4.69, 9.17) is 15.2 Å². The van der Waals surface area contributed by atoms with Crippen LogP contribution in [0.1, 0.15) is 17.2 Å². The van der Waals surface area contributed by atoms with Crippen molar-refractivity contribution >= 4 is 23.4 Å². The van der Waals surface area contributed by atoms with E-state index >= 15 is 0 Å². The van der Waals surface area contributed by atoms with Gasteiger partial charge in [-0.15, -0.1) is 0 Å². The molecule has 2 aromatic rings. The Kier molecular flexibility index (Phi) is 7.58. The molecule has 2 aliphatic heterocycles. The van der Waals surface area contributed by atoms with Crippen LogP contribution in [0.4, 0.5) is 16.2 Å². The van der Waals surface area contributed by atoms with Crippen molar-refractivity contribution < 1.29 is 69.0 Å². The normalized spacial score (nSPS) is 29.2. The van der Waals surface area contributed by atoms with Gasteiger partial charge in [0.1, 0.15) is 24.4 Å². The van der Waals surface area contributed by atoms with Crippen molar-refractivity contribution in [3.8, 4) is 0 Å². The van der Waals surface area contributed by atoms with Crippen molar-refractivity contribution in [2.45, 2.75) is 43.2 Å². The monoisotopic (exact) mass is 452 g/mol. The number of hydrogen-bond donors (Lipinski definition) is 4. The van der Waals surface area contributed by atoms with E-state index in [0.717, 1.165) is 0 Å². The molecule has 0 aliphatic carbocycles. The van der Waals surface area contributed by atoms with Crippen LogP contribution in [0.3, 0.4) is 0 Å². The van der Waals surface area contributed by atoms with Crippen LogP contribution in [0.2, 0.25) is 0 Å². The fourth-order valence-corrected chi connectivity index (χ4v) is 3.98. The molecule has 2 aliphatic rings. The predicted molar refractivity (Wildman–Crippen MR) is 104 cm³/mol. The van der Waals surface area contributed by atoms with Gasteiger partial charge in [-0.3, -0.25) is 4.90 Å². The zero-order valence-electron chi connectivity index (χ0n) is 17.2. The summed E-state index contributed by atoms with van der Waals surface area (Å²) in [6.07, 6.45) is -9.46. The maximum Gasteiger partial charge on any atom is 1.00 e. The molecule has 1 fully saturated rings. The number of aliphatic hydroxyl groups is 3. The Bertz CT molecular complexity index is 1010. The van der Waals surface area contributed by atoms with Gasteiger partial charge in [0.2, 0.25) is 0 Å². The van der Waals surface area contributed by atoms with Gasteiger partial charge in [0.25, 0.3) is 0 Å². The summed E-state index contributed by atoms with van der Waals surface area (Å²) in [4.78, 5) is 24.9. The third kappa shape index (κ3) is 4.41. The molecule has 0 bridgehead atoms. The van der Waals surface area contributed by atoms with Crippen LogP contribution in [0.25, 0.3) is 0 Å². The minimum atomic E-state index is -1.89. The van der Waals surface area contributed by atoms with Crippen molar-refractivity contribution in [1.82, 2.24) is 0 Å². The van der Waals surface area contributed by atoms with Gasteiger partial charge in [0.05, 0.1) is 23.4 Å². The molecule has 0 unspecified atom stereocenters. The van der Waals surface area contributed by atoms with Crippen LogP contribution in [-0.4, -0.2) is 58.0 Å². The summed E-state index contributed by atoms with van der Waals surface area (Å²) in [6.45, 7) is 0. The summed E-state index contributed by atoms with van der Waals surface area (Å²) in [5.41, 5.74) is 7.91. The van der Waals surface area contributed by atoms with Crippen molar-refractivity contribution in [1.29, 1.82) is 0 Å². The molecule has 164 valence electrons. The Hall–Kier alpha value is -2.02. The number of para-hydroxylation sites is 2. The molecule has 1 saturated heterocycles. The van der Waals surface area contributed by atoms with Crippen LogP contribution in [0, 0.1) is 0 Å². The van der Waals surface area contributed by atoms with E-state index < -0.39 is 48.8 Å². The van der Waals surface area contributed by atoms with E-state index in [1.807, 2.05) is 0 Å². The van der Waals surface area contributed by atoms with Gasteiger partial charge in [-0.25, -0.2) is 4.79 Å². The Morgan fingerprint density at radius 1 is 1.00 bits per heavy atom. The predicted octanol–water partition coefficient (Wildman–Crippen LogP) is -3.92. The van der Waals surface area contributed by atoms with Crippen LogP contribution in [0.15, 0.2) is 48.5 Å². The van der Waals surface area contributed by atoms with Crippen LogP contribution < -0.4 is 45.3 Å². The van der Waals surface area contributed by atoms with Gasteiger partial charge in [0.15, 0.2) is 6.29 Å². The number of carbonyl (C=O) groups excluding carboxylic acids is 2. The number of carboxylic acids is 1. The molecule has 2 amide bonds. The molecular weight excluding hydrogens is 431 g/mol. The number of rotatable bonds is 3. The van der Waals surface area contributed by atoms with E-state index in [1.165, 1.54) is 4.90 Å². The van der Waals surface area contributed by atoms with Crippen LogP contribution in [-0.2, 0) is 20.7 Å². The first kappa shape index (κ1) is 24.6. The second-order valence-corrected chi connectivity index (χ2v) is 7.41. The summed E-state index contributed by atoms with van der Waals surface area (Å²) < 4.78 is 11.1. The number of nitrogens with zero attached hydrogens (tertiary/aromatic N) is 1. The number of amides is 2. The summed E-state index contributed by atoms with van der Waals surface area (Å²) in [5.74, 6) is -1.75. The van der Waals surface area contributed by atoms with Gasteiger partial charge in [-0.1, -0.05) is 36.4 Å². The summed E-state index contributed by atoms with van der Waals surface area (Å²) in [6, 6.07) is 13.2. The molecule has 0 spiro atoms. The number of benzene rings is 2. The third-order valence-corrected chi connectivity index (χ3v) is 5.48. The molecule has 0 radical (unpaired) electrons. The zero-order chi connectivity index (χ0) is 22.3. The minimum Gasteiger partial charge on any atom is -0.547 e. The molecule has 0 saturated carbocycles. The number of nitrogens with two attached hydrogens (primary N) is 1. The molecule has 5 N–H and O–H groups in total. The van der Waals surface area contributed by atoms with Crippen molar-refractivity contribution in [2.75, 3.05) is 4.90 Å². The largest absolute Gasteiger partial charge is 1.00 e. The Labute approximate surface area is 205 Å². The number of ether oxygens (including phenoxy) is 2. The number of carboxylic acid groups (broad SMARTS) is 1. The summed E-state index contributed by atoms with van der Waals surface area (Å²) >= 11 is 0. The third-order valence-electron chi connectivity index (χ3n) is 5.48. The van der Waals surface area contributed by atoms with Crippen molar-refractivity contribution in [3.05, 3.63) is 59.7 Å². The topological polar surface area (TPSA) is 166 Å². The van der Waals surface area contributed by atoms with Gasteiger partial charge in [-0.05, 0) is 17.7 Å². The maximum atomic E-state index is 12.3. The molecule has 2 aromatic carbocycles. The summed E-state index contributed by atoms with van der Waals surface area (Å²) in [5, 5.41) is 41.6. The molecule has 32 heavy (non-hydrogen) atoms. The molecule has 0 aromatic heterocycles. The van der Waals surface area contributed by atoms with E-state index in [-0.39, 0.29) is 36.0 Å². The van der Waals surface area contributed by atoms with Crippen molar-refractivity contribution in [2.24, 2.45) is 5.73 Å². The van der Waals surface area contributed by atoms with E-state index in [2.05, 4.69) is 0 Å². The van der Waals surface area contributed by atoms with Gasteiger partial charge < -0.3 is 40.4 Å². The Morgan fingerprint density at radius 2 is 1.62 bits per heavy atom. The number of carbonyl (C=O) groups is 2. The number of fused-ring (bicyclic) bond motifs is 2. The number of aliphatic carboxylic acids is 1. The summed E-state index contributed by atoms with van der Waals surface area (Å²) in [7, 11) is 0. The molecule has 4 rings (SSSR count). The molecule has 2 heterocycles. The first-order chi connectivity index (χ1) is 14.8. The molecule has 11 heteroatoms. The maximum absolute atomic E-state index is 12.3. The molecule has 6 atom stereocenters. The first-order valence-corrected chi connectivity index (χ1v) is 9.62. The standard InChI is InChI=1S/C21H22N2O8.Na/c22-21(29)23-12-7-3-1-5-10(12)9-14(11-6-2-4-8-13(11)23)30-20-17(26)15(24)16(25)18(31-20)19(27)28;/h1-8,14-18,20,24-26H,9H2,(H2,22,29)(H,27,28);/q;+1/p-1/t14-,15+,16+,17-,18+,20-;/m1./s1. The number of anilines is 2. The van der Waals surface area contributed by atoms with Gasteiger partial charge >= 0.3 is 35.6 Å². The average molecular weight is 452 g/mol. The first-order valence-electron chi connectivity index (χ1n) is 9.62. The second kappa shape index (κ2) is 9.86. The van der Waals surface area contributed by atoms with Crippen molar-refractivity contribution in [3.63, 3.8) is 0 Å². The zero-order valence-corrected chi connectivity index (χ0v) is 19.2. The average Bonchev–Trinajstić information content (AvgIpc) is 2.88. The quantitative estimate of drug-likeness (QED) is 0.343. The Balaban J connectivity index is 0.00000289. The molecule has 10 nitrogen and oxygen atoms in total. The number of urea groups is 1. The van der Waals surface area contributed by atoms with E-state index in [1.54, 1.807) is 48.5 Å². The fourth-order valence-electron chi connectivity index (χ4n) is 3.98.